The Kier molecular flexibility index (Phi) is 4.27. The molecule has 0 aromatic rings. The minimum absolute atomic E-state index is 0.150. The second-order valence-electron chi connectivity index (χ2n) is 8.95. The fourth-order valence-corrected chi connectivity index (χ4v) is 5.33. The average molecular weight is 282 g/mol. The summed E-state index contributed by atoms with van der Waals surface area (Å²) >= 11 is 0. The molecule has 3 nitrogen and oxygen atoms in total. The van der Waals surface area contributed by atoms with Crippen LogP contribution in [0.4, 0.5) is 0 Å². The van der Waals surface area contributed by atoms with Crippen LogP contribution in [0.1, 0.15) is 60.8 Å². The number of ether oxygens (including phenoxy) is 1. The van der Waals surface area contributed by atoms with Crippen molar-refractivity contribution >= 4 is 0 Å². The van der Waals surface area contributed by atoms with Crippen LogP contribution < -0.4 is 5.73 Å². The van der Waals surface area contributed by atoms with Gasteiger partial charge in [0.2, 0.25) is 0 Å². The van der Waals surface area contributed by atoms with Crippen molar-refractivity contribution in [1.29, 1.82) is 0 Å². The quantitative estimate of drug-likeness (QED) is 0.846. The molecule has 20 heavy (non-hydrogen) atoms. The van der Waals surface area contributed by atoms with Crippen LogP contribution >= 0.6 is 0 Å². The van der Waals surface area contributed by atoms with Gasteiger partial charge in [-0.1, -0.05) is 27.7 Å². The molecule has 0 aromatic heterocycles. The van der Waals surface area contributed by atoms with Gasteiger partial charge in [-0.05, 0) is 43.9 Å². The number of nitrogens with zero attached hydrogens (tertiary/aromatic N) is 1. The van der Waals surface area contributed by atoms with E-state index >= 15 is 0 Å². The predicted octanol–water partition coefficient (Wildman–Crippen LogP) is 3.03. The molecule has 2 N–H and O–H groups in total. The average Bonchev–Trinajstić information content (AvgIpc) is 2.23. The molecular weight excluding hydrogens is 248 g/mol. The third-order valence-electron chi connectivity index (χ3n) is 5.04. The van der Waals surface area contributed by atoms with Gasteiger partial charge in [0.15, 0.2) is 0 Å². The molecule has 2 atom stereocenters. The van der Waals surface area contributed by atoms with Gasteiger partial charge < -0.3 is 10.5 Å². The lowest BCUT2D eigenvalue weighted by atomic mass is 9.57. The van der Waals surface area contributed by atoms with Crippen molar-refractivity contribution in [3.8, 4) is 0 Å². The number of hydrogen-bond donors (Lipinski definition) is 1. The molecule has 1 heterocycles. The molecule has 118 valence electrons. The number of hydrogen-bond acceptors (Lipinski definition) is 3. The zero-order valence-electron chi connectivity index (χ0n) is 14.3. The molecule has 3 heteroatoms. The van der Waals surface area contributed by atoms with Crippen LogP contribution in [0.5, 0.6) is 0 Å². The van der Waals surface area contributed by atoms with E-state index in [0.29, 0.717) is 23.0 Å². The summed E-state index contributed by atoms with van der Waals surface area (Å²) in [6.07, 6.45) is 4.33. The maximum absolute atomic E-state index is 6.32. The Bertz CT molecular complexity index is 325. The maximum Gasteiger partial charge on any atom is 0.0678 e. The standard InChI is InChI=1S/C17H34N2O/c1-13-7-19(8-14(2)20-13)17(12-18)10-15(3,4)9-16(5,6)11-17/h13-14H,7-12,18H2,1-6H3. The van der Waals surface area contributed by atoms with E-state index in [1.807, 2.05) is 0 Å². The molecule has 2 rings (SSSR count). The summed E-state index contributed by atoms with van der Waals surface area (Å²) in [7, 11) is 0. The lowest BCUT2D eigenvalue weighted by Crippen LogP contribution is -2.65. The summed E-state index contributed by atoms with van der Waals surface area (Å²) in [4.78, 5) is 2.65. The van der Waals surface area contributed by atoms with Crippen LogP contribution in [0.25, 0.3) is 0 Å². The Balaban J connectivity index is 2.28. The topological polar surface area (TPSA) is 38.5 Å². The minimum Gasteiger partial charge on any atom is -0.373 e. The first-order chi connectivity index (χ1) is 9.07. The molecule has 1 saturated heterocycles. The van der Waals surface area contributed by atoms with Crippen LogP contribution in [-0.2, 0) is 4.74 Å². The molecule has 2 aliphatic rings. The van der Waals surface area contributed by atoms with Crippen molar-refractivity contribution in [2.75, 3.05) is 19.6 Å². The van der Waals surface area contributed by atoms with Crippen molar-refractivity contribution in [2.24, 2.45) is 16.6 Å². The Morgan fingerprint density at radius 3 is 1.80 bits per heavy atom. The Morgan fingerprint density at radius 1 is 0.950 bits per heavy atom. The smallest absolute Gasteiger partial charge is 0.0678 e. The lowest BCUT2D eigenvalue weighted by Gasteiger charge is -2.58. The third kappa shape index (κ3) is 3.37. The zero-order chi connectivity index (χ0) is 15.2. The molecule has 0 amide bonds. The highest BCUT2D eigenvalue weighted by Gasteiger charge is 2.50. The van der Waals surface area contributed by atoms with E-state index in [0.717, 1.165) is 19.6 Å². The minimum atomic E-state index is 0.150. The van der Waals surface area contributed by atoms with E-state index in [1.165, 1.54) is 19.3 Å². The molecule has 0 radical (unpaired) electrons. The largest absolute Gasteiger partial charge is 0.373 e. The normalized spacial score (nSPS) is 36.8. The number of rotatable bonds is 2. The van der Waals surface area contributed by atoms with Crippen LogP contribution in [0.2, 0.25) is 0 Å². The van der Waals surface area contributed by atoms with Crippen LogP contribution in [0.15, 0.2) is 0 Å². The summed E-state index contributed by atoms with van der Waals surface area (Å²) in [5.41, 5.74) is 7.20. The van der Waals surface area contributed by atoms with E-state index in [2.05, 4.69) is 46.4 Å². The van der Waals surface area contributed by atoms with Crippen molar-refractivity contribution in [1.82, 2.24) is 4.90 Å². The van der Waals surface area contributed by atoms with Gasteiger partial charge in [0.25, 0.3) is 0 Å². The fraction of sp³-hybridized carbons (Fsp3) is 1.00. The van der Waals surface area contributed by atoms with Gasteiger partial charge in [0.05, 0.1) is 12.2 Å². The molecule has 2 unspecified atom stereocenters. The van der Waals surface area contributed by atoms with Gasteiger partial charge in [-0.3, -0.25) is 4.90 Å². The molecule has 2 fully saturated rings. The zero-order valence-corrected chi connectivity index (χ0v) is 14.3. The number of nitrogens with two attached hydrogens (primary N) is 1. The van der Waals surface area contributed by atoms with E-state index < -0.39 is 0 Å². The monoisotopic (exact) mass is 282 g/mol. The first-order valence-electron chi connectivity index (χ1n) is 8.18. The SMILES string of the molecule is CC1CN(C2(CN)CC(C)(C)CC(C)(C)C2)CC(C)O1. The highest BCUT2D eigenvalue weighted by molar-refractivity contribution is 5.05. The molecule has 0 spiro atoms. The van der Waals surface area contributed by atoms with E-state index in [-0.39, 0.29) is 5.54 Å². The van der Waals surface area contributed by atoms with Gasteiger partial charge in [-0.2, -0.15) is 0 Å². The van der Waals surface area contributed by atoms with Crippen molar-refractivity contribution in [3.05, 3.63) is 0 Å². The lowest BCUT2D eigenvalue weighted by molar-refractivity contribution is -0.130. The van der Waals surface area contributed by atoms with Crippen molar-refractivity contribution in [2.45, 2.75) is 78.6 Å². The first-order valence-corrected chi connectivity index (χ1v) is 8.18. The van der Waals surface area contributed by atoms with E-state index in [9.17, 15) is 0 Å². The first kappa shape index (κ1) is 16.3. The van der Waals surface area contributed by atoms with Gasteiger partial charge in [0.1, 0.15) is 0 Å². The van der Waals surface area contributed by atoms with E-state index in [1.54, 1.807) is 0 Å². The molecule has 1 saturated carbocycles. The van der Waals surface area contributed by atoms with Gasteiger partial charge in [0, 0.05) is 25.2 Å². The molecule has 1 aliphatic carbocycles. The molecule has 0 bridgehead atoms. The maximum atomic E-state index is 6.32. The Labute approximate surface area is 125 Å². The molecular formula is C17H34N2O. The van der Waals surface area contributed by atoms with Gasteiger partial charge in [-0.25, -0.2) is 0 Å². The predicted molar refractivity (Wildman–Crippen MR) is 84.8 cm³/mol. The summed E-state index contributed by atoms with van der Waals surface area (Å²) in [5.74, 6) is 0. The van der Waals surface area contributed by atoms with Crippen LogP contribution in [-0.4, -0.2) is 42.3 Å². The molecule has 1 aliphatic heterocycles. The summed E-state index contributed by atoms with van der Waals surface area (Å²) in [6, 6.07) is 0. The van der Waals surface area contributed by atoms with Crippen molar-refractivity contribution in [3.63, 3.8) is 0 Å². The van der Waals surface area contributed by atoms with Crippen LogP contribution in [0, 0.1) is 10.8 Å². The second kappa shape index (κ2) is 5.26. The highest BCUT2D eigenvalue weighted by atomic mass is 16.5. The molecule has 0 aromatic carbocycles. The summed E-state index contributed by atoms with van der Waals surface area (Å²) < 4.78 is 5.92. The van der Waals surface area contributed by atoms with Gasteiger partial charge >= 0.3 is 0 Å². The van der Waals surface area contributed by atoms with Crippen LogP contribution in [0.3, 0.4) is 0 Å². The number of morpholine rings is 1. The second-order valence-corrected chi connectivity index (χ2v) is 8.95. The summed E-state index contributed by atoms with van der Waals surface area (Å²) in [6.45, 7) is 16.8. The van der Waals surface area contributed by atoms with Crippen molar-refractivity contribution < 1.29 is 4.74 Å². The van der Waals surface area contributed by atoms with Gasteiger partial charge in [-0.15, -0.1) is 0 Å². The third-order valence-corrected chi connectivity index (χ3v) is 5.04. The Morgan fingerprint density at radius 2 is 1.40 bits per heavy atom. The highest BCUT2D eigenvalue weighted by Crippen LogP contribution is 2.52. The van der Waals surface area contributed by atoms with E-state index in [4.69, 9.17) is 10.5 Å². The Hall–Kier alpha value is -0.120. The summed E-state index contributed by atoms with van der Waals surface area (Å²) in [5, 5.41) is 0. The fourth-order valence-electron chi connectivity index (χ4n) is 5.33.